The zero-order valence-corrected chi connectivity index (χ0v) is 11.4. The van der Waals surface area contributed by atoms with Crippen molar-refractivity contribution in [2.24, 2.45) is 10.7 Å². The van der Waals surface area contributed by atoms with Crippen LogP contribution in [0.4, 0.5) is 5.69 Å². The molecule has 3 rings (SSSR count). The molecule has 1 spiro atoms. The van der Waals surface area contributed by atoms with Gasteiger partial charge in [0.25, 0.3) is 0 Å². The molecule has 102 valence electrons. The van der Waals surface area contributed by atoms with Crippen LogP contribution in [0.15, 0.2) is 35.3 Å². The van der Waals surface area contributed by atoms with Gasteiger partial charge in [0.05, 0.1) is 23.6 Å². The molecule has 2 aliphatic rings. The highest BCUT2D eigenvalue weighted by atomic mass is 32.2. The third-order valence-corrected chi connectivity index (χ3v) is 5.66. The van der Waals surface area contributed by atoms with Gasteiger partial charge in [-0.15, -0.1) is 0 Å². The topological polar surface area (TPSA) is 75.8 Å². The fourth-order valence-electron chi connectivity index (χ4n) is 2.90. The van der Waals surface area contributed by atoms with E-state index in [0.717, 1.165) is 5.69 Å². The van der Waals surface area contributed by atoms with Crippen LogP contribution in [0, 0.1) is 0 Å². The molecule has 2 heterocycles. The Labute approximate surface area is 113 Å². The summed E-state index contributed by atoms with van der Waals surface area (Å²) in [6, 6.07) is 9.82. The molecule has 2 N–H and O–H groups in total. The molecular formula is C13H17N3O2S. The summed E-state index contributed by atoms with van der Waals surface area (Å²) in [5.41, 5.74) is 6.74. The molecule has 0 aliphatic carbocycles. The number of anilines is 1. The lowest BCUT2D eigenvalue weighted by atomic mass is 9.90. The van der Waals surface area contributed by atoms with Crippen molar-refractivity contribution in [3.05, 3.63) is 30.3 Å². The number of benzene rings is 1. The Bertz CT molecular complexity index is 596. The molecule has 0 bridgehead atoms. The van der Waals surface area contributed by atoms with Gasteiger partial charge in [-0.25, -0.2) is 8.42 Å². The van der Waals surface area contributed by atoms with Crippen molar-refractivity contribution >= 4 is 21.5 Å². The monoisotopic (exact) mass is 279 g/mol. The van der Waals surface area contributed by atoms with Crippen LogP contribution >= 0.6 is 0 Å². The van der Waals surface area contributed by atoms with E-state index in [1.54, 1.807) is 0 Å². The van der Waals surface area contributed by atoms with Crippen molar-refractivity contribution < 1.29 is 8.42 Å². The lowest BCUT2D eigenvalue weighted by molar-refractivity contribution is 0.409. The van der Waals surface area contributed by atoms with E-state index in [0.29, 0.717) is 25.3 Å². The quantitative estimate of drug-likeness (QED) is 0.824. The number of hydrogen-bond acceptors (Lipinski definition) is 5. The lowest BCUT2D eigenvalue weighted by Gasteiger charge is -2.41. The van der Waals surface area contributed by atoms with Gasteiger partial charge < -0.3 is 10.6 Å². The minimum absolute atomic E-state index is 0.221. The van der Waals surface area contributed by atoms with Crippen molar-refractivity contribution in [1.29, 1.82) is 0 Å². The van der Waals surface area contributed by atoms with E-state index >= 15 is 0 Å². The number of hydrogen-bond donors (Lipinski definition) is 1. The maximum absolute atomic E-state index is 11.6. The highest BCUT2D eigenvalue weighted by molar-refractivity contribution is 7.91. The van der Waals surface area contributed by atoms with Gasteiger partial charge in [0, 0.05) is 5.69 Å². The third kappa shape index (κ3) is 2.10. The Kier molecular flexibility index (Phi) is 2.78. The molecule has 1 fully saturated rings. The smallest absolute Gasteiger partial charge is 0.196 e. The Hall–Kier alpha value is -1.56. The van der Waals surface area contributed by atoms with Gasteiger partial charge in [-0.1, -0.05) is 18.2 Å². The molecule has 0 unspecified atom stereocenters. The molecule has 0 atom stereocenters. The predicted octanol–water partition coefficient (Wildman–Crippen LogP) is 0.769. The van der Waals surface area contributed by atoms with E-state index in [-0.39, 0.29) is 17.0 Å². The van der Waals surface area contributed by atoms with Crippen molar-refractivity contribution in [1.82, 2.24) is 0 Å². The Balaban J connectivity index is 1.95. The molecule has 0 radical (unpaired) electrons. The zero-order valence-electron chi connectivity index (χ0n) is 10.6. The summed E-state index contributed by atoms with van der Waals surface area (Å²) >= 11 is 0. The molecule has 2 aliphatic heterocycles. The number of aliphatic imine (C=N–C) groups is 1. The summed E-state index contributed by atoms with van der Waals surface area (Å²) in [5.74, 6) is 0.934. The van der Waals surface area contributed by atoms with E-state index in [2.05, 4.69) is 4.99 Å². The third-order valence-electron chi connectivity index (χ3n) is 4.01. The molecule has 1 saturated heterocycles. The molecule has 6 heteroatoms. The molecule has 1 aromatic carbocycles. The van der Waals surface area contributed by atoms with E-state index < -0.39 is 9.84 Å². The Morgan fingerprint density at radius 2 is 1.79 bits per heavy atom. The van der Waals surface area contributed by atoms with E-state index in [9.17, 15) is 8.42 Å². The van der Waals surface area contributed by atoms with Gasteiger partial charge >= 0.3 is 0 Å². The van der Waals surface area contributed by atoms with Crippen LogP contribution in [-0.4, -0.2) is 38.0 Å². The van der Waals surface area contributed by atoms with Crippen molar-refractivity contribution in [2.45, 2.75) is 18.4 Å². The summed E-state index contributed by atoms with van der Waals surface area (Å²) in [7, 11) is -2.89. The van der Waals surface area contributed by atoms with Crippen molar-refractivity contribution in [3.8, 4) is 0 Å². The first-order valence-electron chi connectivity index (χ1n) is 6.38. The van der Waals surface area contributed by atoms with Crippen LogP contribution in [0.2, 0.25) is 0 Å². The highest BCUT2D eigenvalue weighted by Gasteiger charge is 2.46. The lowest BCUT2D eigenvalue weighted by Crippen LogP contribution is -2.55. The summed E-state index contributed by atoms with van der Waals surface area (Å²) in [6.45, 7) is 0.587. The van der Waals surface area contributed by atoms with Crippen LogP contribution in [0.25, 0.3) is 0 Å². The first-order valence-corrected chi connectivity index (χ1v) is 8.20. The molecule has 1 aromatic rings. The second-order valence-corrected chi connectivity index (χ2v) is 7.53. The van der Waals surface area contributed by atoms with Gasteiger partial charge in [-0.05, 0) is 25.0 Å². The van der Waals surface area contributed by atoms with Gasteiger partial charge in [-0.2, -0.15) is 0 Å². The first-order chi connectivity index (χ1) is 9.03. The number of nitrogens with two attached hydrogens (primary N) is 1. The standard InChI is InChI=1S/C13H17N3O2S/c14-12-15-10-13(6-8-19(17,18)9-7-13)16(12)11-4-2-1-3-5-11/h1-5H,6-10H2,(H2,14,15). The SMILES string of the molecule is NC1=NCC2(CCS(=O)(=O)CC2)N1c1ccccc1. The van der Waals surface area contributed by atoms with Crippen LogP contribution in [0.5, 0.6) is 0 Å². The minimum Gasteiger partial charge on any atom is -0.369 e. The normalized spacial score (nSPS) is 24.4. The molecule has 5 nitrogen and oxygen atoms in total. The number of nitrogens with zero attached hydrogens (tertiary/aromatic N) is 2. The van der Waals surface area contributed by atoms with E-state index in [4.69, 9.17) is 5.73 Å². The van der Waals surface area contributed by atoms with Crippen LogP contribution < -0.4 is 10.6 Å². The average Bonchev–Trinajstić information content (AvgIpc) is 2.72. The molecule has 19 heavy (non-hydrogen) atoms. The number of guanidine groups is 1. The summed E-state index contributed by atoms with van der Waals surface area (Å²) in [5, 5.41) is 0. The highest BCUT2D eigenvalue weighted by Crippen LogP contribution is 2.37. The van der Waals surface area contributed by atoms with Gasteiger partial charge in [0.15, 0.2) is 15.8 Å². The van der Waals surface area contributed by atoms with Gasteiger partial charge in [0.1, 0.15) is 0 Å². The Morgan fingerprint density at radius 3 is 2.42 bits per heavy atom. The van der Waals surface area contributed by atoms with Crippen LogP contribution in [0.3, 0.4) is 0 Å². The largest absolute Gasteiger partial charge is 0.369 e. The van der Waals surface area contributed by atoms with Gasteiger partial charge in [0.2, 0.25) is 0 Å². The molecule has 0 saturated carbocycles. The van der Waals surface area contributed by atoms with E-state index in [1.165, 1.54) is 0 Å². The summed E-state index contributed by atoms with van der Waals surface area (Å²) < 4.78 is 23.3. The fourth-order valence-corrected chi connectivity index (χ4v) is 4.48. The van der Waals surface area contributed by atoms with Gasteiger partial charge in [-0.3, -0.25) is 4.99 Å². The van der Waals surface area contributed by atoms with Crippen molar-refractivity contribution in [2.75, 3.05) is 23.0 Å². The number of sulfone groups is 1. The second kappa shape index (κ2) is 4.23. The average molecular weight is 279 g/mol. The Morgan fingerprint density at radius 1 is 1.16 bits per heavy atom. The maximum atomic E-state index is 11.6. The molecule has 0 amide bonds. The number of rotatable bonds is 1. The minimum atomic E-state index is -2.89. The molecular weight excluding hydrogens is 262 g/mol. The van der Waals surface area contributed by atoms with Crippen molar-refractivity contribution in [3.63, 3.8) is 0 Å². The molecule has 0 aromatic heterocycles. The first kappa shape index (κ1) is 12.5. The predicted molar refractivity (Wildman–Crippen MR) is 76.0 cm³/mol. The van der Waals surface area contributed by atoms with Crippen LogP contribution in [0.1, 0.15) is 12.8 Å². The zero-order chi connectivity index (χ0) is 13.5. The van der Waals surface area contributed by atoms with E-state index in [1.807, 2.05) is 35.2 Å². The fraction of sp³-hybridized carbons (Fsp3) is 0.462. The van der Waals surface area contributed by atoms with Crippen LogP contribution in [-0.2, 0) is 9.84 Å². The maximum Gasteiger partial charge on any atom is 0.196 e. The summed E-state index contributed by atoms with van der Waals surface area (Å²) in [6.07, 6.45) is 1.18. The number of para-hydroxylation sites is 1. The second-order valence-electron chi connectivity index (χ2n) is 5.22. The summed E-state index contributed by atoms with van der Waals surface area (Å²) in [4.78, 5) is 6.36.